The lowest BCUT2D eigenvalue weighted by Gasteiger charge is -2.14. The van der Waals surface area contributed by atoms with Crippen LogP contribution in [0.15, 0.2) is 58.5 Å². The summed E-state index contributed by atoms with van der Waals surface area (Å²) in [5, 5.41) is 4.08. The summed E-state index contributed by atoms with van der Waals surface area (Å²) in [7, 11) is 0. The van der Waals surface area contributed by atoms with Gasteiger partial charge in [-0.1, -0.05) is 55.4 Å². The number of anilines is 1. The van der Waals surface area contributed by atoms with E-state index in [1.54, 1.807) is 10.6 Å². The van der Waals surface area contributed by atoms with E-state index in [-0.39, 0.29) is 17.2 Å². The second kappa shape index (κ2) is 9.06. The molecular formula is C22H25N3O2S. The monoisotopic (exact) mass is 395 g/mol. The molecule has 28 heavy (non-hydrogen) atoms. The molecule has 0 atom stereocenters. The number of para-hydroxylation sites is 1. The zero-order valence-corrected chi connectivity index (χ0v) is 17.3. The minimum absolute atomic E-state index is 0.0484. The van der Waals surface area contributed by atoms with E-state index in [4.69, 9.17) is 0 Å². The van der Waals surface area contributed by atoms with Crippen LogP contribution < -0.4 is 10.9 Å². The Labute approximate surface area is 169 Å². The largest absolute Gasteiger partial charge is 0.325 e. The molecule has 146 valence electrons. The Kier molecular flexibility index (Phi) is 6.52. The van der Waals surface area contributed by atoms with Crippen LogP contribution in [0.1, 0.15) is 25.8 Å². The number of hydrogen-bond donors (Lipinski definition) is 1. The SMILES string of the molecule is Cc1ccc(NC(=O)CSc2nc3ccccc3c(=O)n2CCC(C)C)cc1. The van der Waals surface area contributed by atoms with Crippen molar-refractivity contribution in [3.8, 4) is 0 Å². The van der Waals surface area contributed by atoms with E-state index in [0.29, 0.717) is 28.5 Å². The van der Waals surface area contributed by atoms with E-state index in [1.165, 1.54) is 11.8 Å². The van der Waals surface area contributed by atoms with Crippen LogP contribution in [0.5, 0.6) is 0 Å². The topological polar surface area (TPSA) is 64.0 Å². The Hall–Kier alpha value is -2.60. The van der Waals surface area contributed by atoms with Crippen molar-refractivity contribution in [2.75, 3.05) is 11.1 Å². The van der Waals surface area contributed by atoms with E-state index in [1.807, 2.05) is 49.4 Å². The number of fused-ring (bicyclic) bond motifs is 1. The van der Waals surface area contributed by atoms with E-state index in [9.17, 15) is 9.59 Å². The van der Waals surface area contributed by atoms with Crippen molar-refractivity contribution in [2.24, 2.45) is 5.92 Å². The summed E-state index contributed by atoms with van der Waals surface area (Å²) in [6.45, 7) is 6.85. The zero-order chi connectivity index (χ0) is 20.1. The van der Waals surface area contributed by atoms with Crippen LogP contribution >= 0.6 is 11.8 Å². The van der Waals surface area contributed by atoms with Crippen molar-refractivity contribution in [3.63, 3.8) is 0 Å². The van der Waals surface area contributed by atoms with Crippen molar-refractivity contribution in [1.82, 2.24) is 9.55 Å². The van der Waals surface area contributed by atoms with E-state index < -0.39 is 0 Å². The highest BCUT2D eigenvalue weighted by molar-refractivity contribution is 7.99. The second-order valence-corrected chi connectivity index (χ2v) is 8.20. The van der Waals surface area contributed by atoms with Gasteiger partial charge in [-0.2, -0.15) is 0 Å². The molecule has 0 radical (unpaired) electrons. The Morgan fingerprint density at radius 3 is 2.57 bits per heavy atom. The molecule has 0 bridgehead atoms. The maximum absolute atomic E-state index is 12.9. The fourth-order valence-corrected chi connectivity index (χ4v) is 3.63. The molecule has 0 spiro atoms. The molecule has 1 aromatic heterocycles. The molecule has 0 fully saturated rings. The van der Waals surface area contributed by atoms with Crippen LogP contribution in [-0.4, -0.2) is 21.2 Å². The summed E-state index contributed by atoms with van der Waals surface area (Å²) < 4.78 is 1.70. The Bertz CT molecular complexity index is 1030. The summed E-state index contributed by atoms with van der Waals surface area (Å²) in [5.41, 5.74) is 2.52. The van der Waals surface area contributed by atoms with Gasteiger partial charge in [0, 0.05) is 12.2 Å². The van der Waals surface area contributed by atoms with Gasteiger partial charge in [-0.3, -0.25) is 14.2 Å². The van der Waals surface area contributed by atoms with E-state index in [2.05, 4.69) is 24.1 Å². The third-order valence-electron chi connectivity index (χ3n) is 4.42. The average molecular weight is 396 g/mol. The number of rotatable bonds is 7. The highest BCUT2D eigenvalue weighted by Gasteiger charge is 2.13. The Balaban J connectivity index is 1.80. The molecule has 3 aromatic rings. The zero-order valence-electron chi connectivity index (χ0n) is 16.4. The molecule has 1 amide bonds. The molecule has 3 rings (SSSR count). The number of nitrogens with zero attached hydrogens (tertiary/aromatic N) is 2. The van der Waals surface area contributed by atoms with Crippen LogP contribution in [0.25, 0.3) is 10.9 Å². The van der Waals surface area contributed by atoms with Gasteiger partial charge >= 0.3 is 0 Å². The number of amides is 1. The Morgan fingerprint density at radius 2 is 1.86 bits per heavy atom. The van der Waals surface area contributed by atoms with Gasteiger partial charge in [-0.25, -0.2) is 4.98 Å². The second-order valence-electron chi connectivity index (χ2n) is 7.25. The number of benzene rings is 2. The Morgan fingerprint density at radius 1 is 1.14 bits per heavy atom. The number of nitrogens with one attached hydrogen (secondary N) is 1. The van der Waals surface area contributed by atoms with Crippen LogP contribution in [0.4, 0.5) is 5.69 Å². The van der Waals surface area contributed by atoms with Gasteiger partial charge in [0.15, 0.2) is 5.16 Å². The molecule has 0 aliphatic heterocycles. The van der Waals surface area contributed by atoms with Gasteiger partial charge in [-0.05, 0) is 43.5 Å². The molecule has 5 nitrogen and oxygen atoms in total. The van der Waals surface area contributed by atoms with Crippen molar-refractivity contribution in [1.29, 1.82) is 0 Å². The first-order valence-electron chi connectivity index (χ1n) is 9.43. The summed E-state index contributed by atoms with van der Waals surface area (Å²) >= 11 is 1.30. The summed E-state index contributed by atoms with van der Waals surface area (Å²) in [6, 6.07) is 15.0. The highest BCUT2D eigenvalue weighted by Crippen LogP contribution is 2.19. The van der Waals surface area contributed by atoms with Gasteiger partial charge < -0.3 is 5.32 Å². The molecule has 6 heteroatoms. The highest BCUT2D eigenvalue weighted by atomic mass is 32.2. The minimum Gasteiger partial charge on any atom is -0.325 e. The maximum Gasteiger partial charge on any atom is 0.262 e. The fourth-order valence-electron chi connectivity index (χ4n) is 2.81. The number of hydrogen-bond acceptors (Lipinski definition) is 4. The predicted molar refractivity (Wildman–Crippen MR) is 116 cm³/mol. The molecule has 0 aliphatic rings. The van der Waals surface area contributed by atoms with E-state index >= 15 is 0 Å². The lowest BCUT2D eigenvalue weighted by Crippen LogP contribution is -2.25. The van der Waals surface area contributed by atoms with Crippen LogP contribution in [0, 0.1) is 12.8 Å². The molecule has 0 saturated heterocycles. The first-order valence-corrected chi connectivity index (χ1v) is 10.4. The van der Waals surface area contributed by atoms with Gasteiger partial charge in [0.05, 0.1) is 16.7 Å². The normalized spacial score (nSPS) is 11.1. The third kappa shape index (κ3) is 5.01. The van der Waals surface area contributed by atoms with Crippen LogP contribution in [0.2, 0.25) is 0 Å². The first-order chi connectivity index (χ1) is 13.4. The van der Waals surface area contributed by atoms with Crippen molar-refractivity contribution in [3.05, 3.63) is 64.4 Å². The average Bonchev–Trinajstić information content (AvgIpc) is 2.67. The molecule has 0 saturated carbocycles. The van der Waals surface area contributed by atoms with Gasteiger partial charge in [0.1, 0.15) is 0 Å². The smallest absolute Gasteiger partial charge is 0.262 e. The molecular weight excluding hydrogens is 370 g/mol. The molecule has 1 heterocycles. The molecule has 2 aromatic carbocycles. The summed E-state index contributed by atoms with van der Waals surface area (Å²) in [6.07, 6.45) is 0.878. The number of thioether (sulfide) groups is 1. The first kappa shape index (κ1) is 20.1. The van der Waals surface area contributed by atoms with Crippen molar-refractivity contribution in [2.45, 2.75) is 38.9 Å². The van der Waals surface area contributed by atoms with Crippen LogP contribution in [0.3, 0.4) is 0 Å². The maximum atomic E-state index is 12.9. The van der Waals surface area contributed by atoms with Gasteiger partial charge in [0.2, 0.25) is 5.91 Å². The molecule has 1 N–H and O–H groups in total. The quantitative estimate of drug-likeness (QED) is 0.473. The molecule has 0 unspecified atom stereocenters. The lowest BCUT2D eigenvalue weighted by atomic mass is 10.1. The van der Waals surface area contributed by atoms with Gasteiger partial charge in [-0.15, -0.1) is 0 Å². The lowest BCUT2D eigenvalue weighted by molar-refractivity contribution is -0.113. The number of carbonyl (C=O) groups excluding carboxylic acids is 1. The van der Waals surface area contributed by atoms with Crippen molar-refractivity contribution < 1.29 is 4.79 Å². The number of carbonyl (C=O) groups is 1. The number of aryl methyl sites for hydroxylation is 1. The van der Waals surface area contributed by atoms with Gasteiger partial charge in [0.25, 0.3) is 5.56 Å². The fraction of sp³-hybridized carbons (Fsp3) is 0.318. The third-order valence-corrected chi connectivity index (χ3v) is 5.40. The number of aromatic nitrogens is 2. The van der Waals surface area contributed by atoms with E-state index in [0.717, 1.165) is 17.7 Å². The molecule has 0 aliphatic carbocycles. The van der Waals surface area contributed by atoms with Crippen LogP contribution in [-0.2, 0) is 11.3 Å². The standard InChI is InChI=1S/C22H25N3O2S/c1-15(2)12-13-25-21(27)18-6-4-5-7-19(18)24-22(25)28-14-20(26)23-17-10-8-16(3)9-11-17/h4-11,15H,12-14H2,1-3H3,(H,23,26). The summed E-state index contributed by atoms with van der Waals surface area (Å²) in [4.78, 5) is 29.9. The summed E-state index contributed by atoms with van der Waals surface area (Å²) in [5.74, 6) is 0.549. The van der Waals surface area contributed by atoms with Crippen molar-refractivity contribution >= 4 is 34.3 Å². The predicted octanol–water partition coefficient (Wildman–Crippen LogP) is 4.48. The minimum atomic E-state index is -0.119.